The molecule has 0 spiro atoms. The van der Waals surface area contributed by atoms with Gasteiger partial charge in [0, 0.05) is 34.0 Å². The monoisotopic (exact) mass is 848 g/mol. The van der Waals surface area contributed by atoms with E-state index in [0.717, 1.165) is 24.3 Å². The number of nitrogens with zero attached hydrogens (tertiary/aromatic N) is 7. The van der Waals surface area contributed by atoms with Crippen LogP contribution < -0.4 is 4.74 Å². The van der Waals surface area contributed by atoms with Crippen molar-refractivity contribution in [3.63, 3.8) is 0 Å². The molecular weight excluding hydrogens is 822 g/mol. The van der Waals surface area contributed by atoms with Crippen LogP contribution in [-0.2, 0) is 24.9 Å². The van der Waals surface area contributed by atoms with Gasteiger partial charge in [0.05, 0.1) is 34.1 Å². The number of methoxy groups -OCH3 is 1. The number of aromatic nitrogens is 3. The van der Waals surface area contributed by atoms with Gasteiger partial charge in [0.2, 0.25) is 5.66 Å². The molecule has 0 saturated carbocycles. The molecule has 0 radical (unpaired) electrons. The van der Waals surface area contributed by atoms with Crippen LogP contribution in [0.2, 0.25) is 10.0 Å². The van der Waals surface area contributed by atoms with Crippen molar-refractivity contribution in [2.45, 2.75) is 24.9 Å². The second kappa shape index (κ2) is 15.3. The predicted molar refractivity (Wildman–Crippen MR) is 208 cm³/mol. The lowest BCUT2D eigenvalue weighted by Crippen LogP contribution is -2.50. The molecule has 0 fully saturated rings. The summed E-state index contributed by atoms with van der Waals surface area (Å²) in [6.07, 6.45) is -1.68. The van der Waals surface area contributed by atoms with Crippen LogP contribution in [0.4, 0.5) is 30.7 Å². The first kappa shape index (κ1) is 39.8. The molecule has 8 rings (SSSR count). The average Bonchev–Trinajstić information content (AvgIpc) is 3.59. The number of fused-ring (bicyclic) bond motifs is 1. The van der Waals surface area contributed by atoms with E-state index in [2.05, 4.69) is 20.2 Å². The third-order valence-electron chi connectivity index (χ3n) is 9.90. The molecule has 0 amide bonds. The molecule has 0 aliphatic carbocycles. The van der Waals surface area contributed by atoms with Gasteiger partial charge < -0.3 is 4.74 Å². The molecule has 17 heteroatoms. The van der Waals surface area contributed by atoms with Crippen LogP contribution in [-0.4, -0.2) is 51.1 Å². The third kappa shape index (κ3) is 7.57. The Kier molecular flexibility index (Phi) is 10.3. The molecule has 1 atom stereocenters. The summed E-state index contributed by atoms with van der Waals surface area (Å²) >= 11 is 12.7. The van der Waals surface area contributed by atoms with Gasteiger partial charge >= 0.3 is 6.18 Å². The number of pyridine rings is 1. The van der Waals surface area contributed by atoms with Gasteiger partial charge in [0.25, 0.3) is 0 Å². The number of ether oxygens (including phenoxy) is 1. The van der Waals surface area contributed by atoms with Gasteiger partial charge in [-0.15, -0.1) is 10.2 Å². The first-order valence-electron chi connectivity index (χ1n) is 17.7. The van der Waals surface area contributed by atoms with E-state index in [1.165, 1.54) is 49.9 Å². The summed E-state index contributed by atoms with van der Waals surface area (Å²) in [5, 5.41) is 14.0. The van der Waals surface area contributed by atoms with Gasteiger partial charge in [-0.25, -0.2) is 27.5 Å². The van der Waals surface area contributed by atoms with E-state index in [0.29, 0.717) is 39.0 Å². The molecule has 298 valence electrons. The van der Waals surface area contributed by atoms with E-state index < -0.39 is 51.8 Å². The SMILES string of the molecule is COc1ccc(-c2ccc(C[N+]3(Cc4ccc(-c5ccc(C(F)(F)F)cc5Cl)nc4)CC4=NC(c5cccc(F)c5F)(c5cccc(F)c5F)N=C4C=N3)nn2)c(Cl)c1. The molecule has 2 aliphatic rings. The second-order valence-corrected chi connectivity index (χ2v) is 14.6. The van der Waals surface area contributed by atoms with Gasteiger partial charge in [-0.2, -0.15) is 17.8 Å². The third-order valence-corrected chi connectivity index (χ3v) is 10.5. The van der Waals surface area contributed by atoms with E-state index in [4.69, 9.17) is 38.0 Å². The lowest BCUT2D eigenvalue weighted by molar-refractivity contribution is -0.952. The fourth-order valence-corrected chi connectivity index (χ4v) is 7.60. The Hall–Kier alpha value is -6.03. The number of hydrogen-bond acceptors (Lipinski definition) is 7. The van der Waals surface area contributed by atoms with Gasteiger partial charge in [-0.3, -0.25) is 4.98 Å². The van der Waals surface area contributed by atoms with Crippen molar-refractivity contribution in [1.82, 2.24) is 15.2 Å². The molecule has 2 aliphatic heterocycles. The summed E-state index contributed by atoms with van der Waals surface area (Å²) in [4.78, 5) is 13.8. The number of hydrogen-bond donors (Lipinski definition) is 0. The van der Waals surface area contributed by atoms with Crippen molar-refractivity contribution in [3.8, 4) is 28.3 Å². The zero-order valence-electron chi connectivity index (χ0n) is 30.5. The fourth-order valence-electron chi connectivity index (χ4n) is 7.05. The first-order chi connectivity index (χ1) is 28.2. The van der Waals surface area contributed by atoms with Gasteiger partial charge in [-0.1, -0.05) is 58.6 Å². The van der Waals surface area contributed by atoms with Crippen LogP contribution in [0.25, 0.3) is 22.5 Å². The smallest absolute Gasteiger partial charge is 0.416 e. The minimum atomic E-state index is -4.58. The quantitative estimate of drug-likeness (QED) is 0.107. The Bertz CT molecular complexity index is 2660. The predicted octanol–water partition coefficient (Wildman–Crippen LogP) is 10.4. The Balaban J connectivity index is 1.19. The Morgan fingerprint density at radius 1 is 0.729 bits per heavy atom. The van der Waals surface area contributed by atoms with Crippen molar-refractivity contribution >= 4 is 40.8 Å². The van der Waals surface area contributed by atoms with Crippen molar-refractivity contribution in [3.05, 3.63) is 165 Å². The van der Waals surface area contributed by atoms with E-state index >= 15 is 8.78 Å². The average molecular weight is 850 g/mol. The van der Waals surface area contributed by atoms with Crippen molar-refractivity contribution in [2.24, 2.45) is 15.1 Å². The zero-order chi connectivity index (χ0) is 41.7. The maximum atomic E-state index is 15.6. The number of quaternary nitrogens is 1. The maximum Gasteiger partial charge on any atom is 0.416 e. The fraction of sp³-hybridized carbons (Fsp3) is 0.143. The lowest BCUT2D eigenvalue weighted by atomic mass is 9.91. The van der Waals surface area contributed by atoms with E-state index in [1.807, 2.05) is 0 Å². The normalized spacial score (nSPS) is 17.1. The summed E-state index contributed by atoms with van der Waals surface area (Å²) < 4.78 is 106. The van der Waals surface area contributed by atoms with E-state index in [1.54, 1.807) is 42.5 Å². The number of aliphatic imine (C=N–C) groups is 2. The highest BCUT2D eigenvalue weighted by molar-refractivity contribution is 6.64. The van der Waals surface area contributed by atoms with Crippen LogP contribution in [0.1, 0.15) is 27.9 Å². The summed E-state index contributed by atoms with van der Waals surface area (Å²) in [5.41, 5.74) is -0.918. The van der Waals surface area contributed by atoms with Crippen LogP contribution >= 0.6 is 23.2 Å². The Labute approximate surface area is 341 Å². The van der Waals surface area contributed by atoms with Crippen molar-refractivity contribution in [1.29, 1.82) is 0 Å². The van der Waals surface area contributed by atoms with Crippen molar-refractivity contribution < 1.29 is 40.1 Å². The van der Waals surface area contributed by atoms with Crippen LogP contribution in [0, 0.1) is 23.3 Å². The topological polar surface area (TPSA) is 85.0 Å². The molecule has 4 heterocycles. The molecule has 8 nitrogen and oxygen atoms in total. The summed E-state index contributed by atoms with van der Waals surface area (Å²) in [5.74, 6) is -4.59. The standard InChI is InChI=1S/C42H27Cl2F7N7O/c1-59-26-11-13-28(32(44)17-26)36-15-10-25(56-57-36)21-58(20-23-8-14-35(52-18-23)27-12-9-24(16-31(27)43)42(49,50)51)22-38-37(19-53-58)54-41(55-38,29-4-2-6-33(45)39(29)47)30-5-3-7-34(46)40(30)48/h2-19H,20-22H2,1H3/q+1. The number of benzene rings is 4. The first-order valence-corrected chi connectivity index (χ1v) is 18.4. The van der Waals surface area contributed by atoms with E-state index in [-0.39, 0.29) is 46.2 Å². The second-order valence-electron chi connectivity index (χ2n) is 13.7. The zero-order valence-corrected chi connectivity index (χ0v) is 32.0. The van der Waals surface area contributed by atoms with Gasteiger partial charge in [0.1, 0.15) is 48.7 Å². The molecule has 2 aromatic heterocycles. The minimum absolute atomic E-state index is 0.0504. The van der Waals surface area contributed by atoms with E-state index in [9.17, 15) is 22.0 Å². The maximum absolute atomic E-state index is 15.6. The Morgan fingerprint density at radius 2 is 1.39 bits per heavy atom. The Morgan fingerprint density at radius 3 is 1.98 bits per heavy atom. The lowest BCUT2D eigenvalue weighted by Gasteiger charge is -2.34. The molecular formula is C42H27Cl2F7N7O+. The molecule has 1 unspecified atom stereocenters. The highest BCUT2D eigenvalue weighted by atomic mass is 35.5. The molecule has 0 bridgehead atoms. The molecule has 0 N–H and O–H groups in total. The van der Waals surface area contributed by atoms with Crippen molar-refractivity contribution in [2.75, 3.05) is 13.7 Å². The number of alkyl halides is 3. The molecule has 6 aromatic rings. The highest BCUT2D eigenvalue weighted by Gasteiger charge is 2.48. The van der Waals surface area contributed by atoms with Gasteiger partial charge in [-0.05, 0) is 66.7 Å². The largest absolute Gasteiger partial charge is 0.497 e. The molecule has 59 heavy (non-hydrogen) atoms. The molecule has 0 saturated heterocycles. The summed E-state index contributed by atoms with van der Waals surface area (Å²) in [7, 11) is 1.52. The van der Waals surface area contributed by atoms with Crippen LogP contribution in [0.5, 0.6) is 5.75 Å². The number of halogens is 9. The molecule has 4 aromatic carbocycles. The number of rotatable bonds is 9. The highest BCUT2D eigenvalue weighted by Crippen LogP contribution is 2.43. The summed E-state index contributed by atoms with van der Waals surface area (Å²) in [6, 6.07) is 21.5. The van der Waals surface area contributed by atoms with Crippen LogP contribution in [0.3, 0.4) is 0 Å². The summed E-state index contributed by atoms with van der Waals surface area (Å²) in [6.45, 7) is 0.139. The van der Waals surface area contributed by atoms with Crippen LogP contribution in [0.15, 0.2) is 118 Å². The van der Waals surface area contributed by atoms with Gasteiger partial charge in [0.15, 0.2) is 23.3 Å². The minimum Gasteiger partial charge on any atom is -0.497 e.